The summed E-state index contributed by atoms with van der Waals surface area (Å²) in [6, 6.07) is 15.3. The van der Waals surface area contributed by atoms with E-state index in [0.29, 0.717) is 23.2 Å². The first-order chi connectivity index (χ1) is 13.7. The van der Waals surface area contributed by atoms with E-state index >= 15 is 0 Å². The fourth-order valence-corrected chi connectivity index (χ4v) is 3.15. The molecule has 7 heteroatoms. The largest absolute Gasteiger partial charge is 0.431 e. The lowest BCUT2D eigenvalue weighted by atomic mass is 10.1. The molecule has 140 valence electrons. The van der Waals surface area contributed by atoms with E-state index in [2.05, 4.69) is 15.3 Å². The molecule has 0 aliphatic rings. The van der Waals surface area contributed by atoms with E-state index in [1.165, 1.54) is 23.5 Å². The molecule has 0 bridgehead atoms. The topological polar surface area (TPSA) is 67.0 Å². The van der Waals surface area contributed by atoms with Crippen molar-refractivity contribution in [2.45, 2.75) is 6.54 Å². The van der Waals surface area contributed by atoms with Crippen LogP contribution < -0.4 is 10.1 Å². The van der Waals surface area contributed by atoms with Crippen LogP contribution in [0.3, 0.4) is 0 Å². The molecule has 0 fully saturated rings. The summed E-state index contributed by atoms with van der Waals surface area (Å²) in [6.45, 7) is 0.390. The second-order valence-corrected chi connectivity index (χ2v) is 6.89. The Morgan fingerprint density at radius 2 is 1.89 bits per heavy atom. The van der Waals surface area contributed by atoms with Gasteiger partial charge in [0, 0.05) is 24.3 Å². The molecule has 0 aliphatic heterocycles. The maximum Gasteiger partial charge on any atom is 0.278 e. The van der Waals surface area contributed by atoms with Crippen LogP contribution in [0.25, 0.3) is 11.1 Å². The van der Waals surface area contributed by atoms with Gasteiger partial charge in [0.1, 0.15) is 17.3 Å². The van der Waals surface area contributed by atoms with Gasteiger partial charge in [0.2, 0.25) is 0 Å². The van der Waals surface area contributed by atoms with Gasteiger partial charge in [-0.3, -0.25) is 4.79 Å². The molecule has 2 aromatic carbocycles. The van der Waals surface area contributed by atoms with Gasteiger partial charge in [-0.2, -0.15) is 0 Å². The SMILES string of the molecule is O=C(NCc1ccc(Oc2nccs2)cc1)c1cc(-c2ccc(F)cc2)c[nH]1. The second kappa shape index (κ2) is 8.06. The summed E-state index contributed by atoms with van der Waals surface area (Å²) in [7, 11) is 0. The van der Waals surface area contributed by atoms with Crippen molar-refractivity contribution >= 4 is 17.2 Å². The van der Waals surface area contributed by atoms with Crippen LogP contribution in [0, 0.1) is 5.82 Å². The zero-order chi connectivity index (χ0) is 19.3. The maximum atomic E-state index is 13.0. The number of nitrogens with one attached hydrogen (secondary N) is 2. The van der Waals surface area contributed by atoms with Gasteiger partial charge < -0.3 is 15.0 Å². The van der Waals surface area contributed by atoms with Crippen molar-refractivity contribution in [2.24, 2.45) is 0 Å². The number of rotatable bonds is 6. The summed E-state index contributed by atoms with van der Waals surface area (Å²) < 4.78 is 18.6. The number of carbonyl (C=O) groups excluding carboxylic acids is 1. The lowest BCUT2D eigenvalue weighted by molar-refractivity contribution is 0.0946. The third-order valence-electron chi connectivity index (χ3n) is 4.10. The van der Waals surface area contributed by atoms with Crippen molar-refractivity contribution < 1.29 is 13.9 Å². The van der Waals surface area contributed by atoms with Crippen molar-refractivity contribution in [2.75, 3.05) is 0 Å². The number of amides is 1. The molecule has 4 aromatic rings. The highest BCUT2D eigenvalue weighted by molar-refractivity contribution is 7.11. The molecule has 2 N–H and O–H groups in total. The minimum atomic E-state index is -0.291. The van der Waals surface area contributed by atoms with Crippen molar-refractivity contribution in [3.8, 4) is 22.1 Å². The van der Waals surface area contributed by atoms with Crippen molar-refractivity contribution in [1.82, 2.24) is 15.3 Å². The molecule has 28 heavy (non-hydrogen) atoms. The van der Waals surface area contributed by atoms with Gasteiger partial charge in [-0.05, 0) is 47.0 Å². The fraction of sp³-hybridized carbons (Fsp3) is 0.0476. The Bertz CT molecular complexity index is 1060. The number of benzene rings is 2. The Kier molecular flexibility index (Phi) is 5.16. The number of ether oxygens (including phenoxy) is 1. The van der Waals surface area contributed by atoms with Crippen molar-refractivity contribution in [1.29, 1.82) is 0 Å². The number of H-pyrrole nitrogens is 1. The number of thiazole rings is 1. The van der Waals surface area contributed by atoms with Gasteiger partial charge >= 0.3 is 0 Å². The third kappa shape index (κ3) is 4.27. The first-order valence-electron chi connectivity index (χ1n) is 8.56. The van der Waals surface area contributed by atoms with E-state index in [1.807, 2.05) is 29.6 Å². The average Bonchev–Trinajstić information content (AvgIpc) is 3.40. The smallest absolute Gasteiger partial charge is 0.278 e. The molecular formula is C21H16FN3O2S. The first-order valence-corrected chi connectivity index (χ1v) is 9.44. The number of halogens is 1. The maximum absolute atomic E-state index is 13.0. The summed E-state index contributed by atoms with van der Waals surface area (Å²) in [4.78, 5) is 19.4. The normalized spacial score (nSPS) is 10.6. The number of carbonyl (C=O) groups is 1. The molecule has 0 saturated heterocycles. The number of aromatic nitrogens is 2. The fourth-order valence-electron chi connectivity index (χ4n) is 2.65. The number of aromatic amines is 1. The lowest BCUT2D eigenvalue weighted by Gasteiger charge is -2.06. The lowest BCUT2D eigenvalue weighted by Crippen LogP contribution is -2.22. The Labute approximate surface area is 164 Å². The molecule has 0 spiro atoms. The Hall–Kier alpha value is -3.45. The summed E-state index contributed by atoms with van der Waals surface area (Å²) in [5.41, 5.74) is 3.06. The Balaban J connectivity index is 1.34. The number of hydrogen-bond acceptors (Lipinski definition) is 4. The molecule has 0 atom stereocenters. The van der Waals surface area contributed by atoms with Crippen molar-refractivity contribution in [3.05, 3.63) is 89.4 Å². The molecule has 2 heterocycles. The molecule has 0 unspecified atom stereocenters. The summed E-state index contributed by atoms with van der Waals surface area (Å²) in [5.74, 6) is 0.190. The van der Waals surface area contributed by atoms with E-state index in [-0.39, 0.29) is 11.7 Å². The molecule has 0 aliphatic carbocycles. The van der Waals surface area contributed by atoms with Gasteiger partial charge in [-0.1, -0.05) is 35.6 Å². The van der Waals surface area contributed by atoms with Gasteiger partial charge in [0.15, 0.2) is 0 Å². The van der Waals surface area contributed by atoms with Crippen LogP contribution in [0.5, 0.6) is 10.9 Å². The van der Waals surface area contributed by atoms with E-state index in [9.17, 15) is 9.18 Å². The van der Waals surface area contributed by atoms with Crippen LogP contribution >= 0.6 is 11.3 Å². The van der Waals surface area contributed by atoms with Crippen LogP contribution in [-0.4, -0.2) is 15.9 Å². The highest BCUT2D eigenvalue weighted by Gasteiger charge is 2.10. The Morgan fingerprint density at radius 1 is 1.11 bits per heavy atom. The van der Waals surface area contributed by atoms with Crippen LogP contribution in [0.4, 0.5) is 4.39 Å². The summed E-state index contributed by atoms with van der Waals surface area (Å²) >= 11 is 1.42. The summed E-state index contributed by atoms with van der Waals surface area (Å²) in [5, 5.41) is 5.31. The van der Waals surface area contributed by atoms with E-state index in [0.717, 1.165) is 16.7 Å². The standard InChI is InChI=1S/C21H16FN3O2S/c22-17-5-3-15(4-6-17)16-11-19(24-13-16)20(26)25-12-14-1-7-18(8-2-14)27-21-23-9-10-28-21/h1-11,13,24H,12H2,(H,25,26). The minimum absolute atomic E-state index is 0.212. The molecule has 0 radical (unpaired) electrons. The quantitative estimate of drug-likeness (QED) is 0.484. The predicted molar refractivity (Wildman–Crippen MR) is 106 cm³/mol. The first kappa shape index (κ1) is 17.9. The van der Waals surface area contributed by atoms with Gasteiger partial charge in [-0.15, -0.1) is 0 Å². The molecule has 5 nitrogen and oxygen atoms in total. The van der Waals surface area contributed by atoms with E-state index in [4.69, 9.17) is 4.74 Å². The van der Waals surface area contributed by atoms with Crippen molar-refractivity contribution in [3.63, 3.8) is 0 Å². The number of hydrogen-bond donors (Lipinski definition) is 2. The zero-order valence-electron chi connectivity index (χ0n) is 14.7. The number of nitrogens with zero attached hydrogens (tertiary/aromatic N) is 1. The summed E-state index contributed by atoms with van der Waals surface area (Å²) in [6.07, 6.45) is 3.42. The third-order valence-corrected chi connectivity index (χ3v) is 4.74. The highest BCUT2D eigenvalue weighted by atomic mass is 32.1. The van der Waals surface area contributed by atoms with Gasteiger partial charge in [-0.25, -0.2) is 9.37 Å². The molecule has 2 aromatic heterocycles. The van der Waals surface area contributed by atoms with Crippen LogP contribution in [0.15, 0.2) is 72.4 Å². The van der Waals surface area contributed by atoms with E-state index in [1.54, 1.807) is 30.6 Å². The molecule has 0 saturated carbocycles. The Morgan fingerprint density at radius 3 is 2.61 bits per heavy atom. The second-order valence-electron chi connectivity index (χ2n) is 6.04. The van der Waals surface area contributed by atoms with Crippen LogP contribution in [0.2, 0.25) is 0 Å². The zero-order valence-corrected chi connectivity index (χ0v) is 15.5. The highest BCUT2D eigenvalue weighted by Crippen LogP contribution is 2.23. The molecule has 1 amide bonds. The van der Waals surface area contributed by atoms with Gasteiger partial charge in [0.05, 0.1) is 0 Å². The van der Waals surface area contributed by atoms with Crippen LogP contribution in [-0.2, 0) is 6.54 Å². The average molecular weight is 393 g/mol. The van der Waals surface area contributed by atoms with Gasteiger partial charge in [0.25, 0.3) is 11.1 Å². The van der Waals surface area contributed by atoms with E-state index < -0.39 is 0 Å². The van der Waals surface area contributed by atoms with Crippen LogP contribution in [0.1, 0.15) is 16.1 Å². The predicted octanol–water partition coefficient (Wildman–Crippen LogP) is 5.00. The minimum Gasteiger partial charge on any atom is -0.431 e. The molecular weight excluding hydrogens is 377 g/mol. The monoisotopic (exact) mass is 393 g/mol. The molecule has 4 rings (SSSR count).